The van der Waals surface area contributed by atoms with Gasteiger partial charge in [0, 0.05) is 6.54 Å². The van der Waals surface area contributed by atoms with E-state index in [1.165, 1.54) is 6.33 Å². The third-order valence-corrected chi connectivity index (χ3v) is 2.29. The summed E-state index contributed by atoms with van der Waals surface area (Å²) in [6.45, 7) is -0.125. The second kappa shape index (κ2) is 4.00. The Bertz CT molecular complexity index is 548. The van der Waals surface area contributed by atoms with E-state index in [0.717, 1.165) is 0 Å². The lowest BCUT2D eigenvalue weighted by atomic mass is 10.1. The van der Waals surface area contributed by atoms with E-state index < -0.39 is 17.8 Å². The number of hydrogen-bond donors (Lipinski definition) is 5. The molecule has 0 aliphatic carbocycles. The van der Waals surface area contributed by atoms with Gasteiger partial charge in [-0.15, -0.1) is 0 Å². The molecule has 0 amide bonds. The van der Waals surface area contributed by atoms with Gasteiger partial charge in [0.25, 0.3) is 5.56 Å². The second-order valence-electron chi connectivity index (χ2n) is 3.32. The van der Waals surface area contributed by atoms with Gasteiger partial charge in [0.15, 0.2) is 5.65 Å². The summed E-state index contributed by atoms with van der Waals surface area (Å²) >= 11 is 0. The summed E-state index contributed by atoms with van der Waals surface area (Å²) in [5, 5.41) is 25.5. The second-order valence-corrected chi connectivity index (χ2v) is 3.32. The summed E-state index contributed by atoms with van der Waals surface area (Å²) in [7, 11) is 0. The van der Waals surface area contributed by atoms with Crippen LogP contribution in [0.5, 0.6) is 0 Å². The fourth-order valence-corrected chi connectivity index (χ4v) is 1.42. The number of H-pyrrole nitrogens is 2. The van der Waals surface area contributed by atoms with E-state index in [4.69, 9.17) is 5.73 Å². The van der Waals surface area contributed by atoms with Crippen LogP contribution in [0.1, 0.15) is 11.8 Å². The van der Waals surface area contributed by atoms with Gasteiger partial charge in [0.1, 0.15) is 11.5 Å². The molecule has 8 nitrogen and oxygen atoms in total. The van der Waals surface area contributed by atoms with Crippen molar-refractivity contribution in [3.63, 3.8) is 0 Å². The van der Waals surface area contributed by atoms with Crippen LogP contribution in [0.4, 0.5) is 0 Å². The van der Waals surface area contributed by atoms with Crippen molar-refractivity contribution in [1.29, 1.82) is 0 Å². The van der Waals surface area contributed by atoms with E-state index in [0.29, 0.717) is 0 Å². The van der Waals surface area contributed by atoms with Crippen molar-refractivity contribution in [2.45, 2.75) is 12.2 Å². The van der Waals surface area contributed by atoms with E-state index in [9.17, 15) is 15.0 Å². The maximum atomic E-state index is 11.5. The zero-order valence-electron chi connectivity index (χ0n) is 8.21. The number of hydrogen-bond acceptors (Lipinski definition) is 6. The number of nitrogens with zero attached hydrogens (tertiary/aromatic N) is 2. The molecule has 16 heavy (non-hydrogen) atoms. The van der Waals surface area contributed by atoms with Crippen LogP contribution in [0.25, 0.3) is 11.0 Å². The van der Waals surface area contributed by atoms with Gasteiger partial charge >= 0.3 is 0 Å². The Morgan fingerprint density at radius 2 is 2.25 bits per heavy atom. The van der Waals surface area contributed by atoms with Gasteiger partial charge in [-0.05, 0) is 0 Å². The van der Waals surface area contributed by atoms with Crippen molar-refractivity contribution >= 4 is 11.0 Å². The molecule has 2 aromatic heterocycles. The predicted molar refractivity (Wildman–Crippen MR) is 54.5 cm³/mol. The molecular weight excluding hydrogens is 214 g/mol. The molecule has 0 saturated heterocycles. The number of aliphatic hydroxyl groups excluding tert-OH is 2. The quantitative estimate of drug-likeness (QED) is 0.409. The molecule has 0 radical (unpaired) electrons. The van der Waals surface area contributed by atoms with Crippen molar-refractivity contribution in [3.8, 4) is 0 Å². The highest BCUT2D eigenvalue weighted by molar-refractivity contribution is 5.76. The molecule has 2 aromatic rings. The van der Waals surface area contributed by atoms with Gasteiger partial charge in [0.2, 0.25) is 0 Å². The molecule has 0 aliphatic heterocycles. The topological polar surface area (TPSA) is 141 Å². The van der Waals surface area contributed by atoms with Gasteiger partial charge < -0.3 is 20.9 Å². The Kier molecular flexibility index (Phi) is 2.69. The number of aliphatic hydroxyl groups is 2. The minimum atomic E-state index is -1.29. The number of rotatable bonds is 3. The molecule has 2 rings (SSSR count). The SMILES string of the molecule is NCC(O)C(O)c1[nH]nc2nc[nH]c(=O)c12. The van der Waals surface area contributed by atoms with E-state index in [1.54, 1.807) is 0 Å². The fraction of sp³-hybridized carbons (Fsp3) is 0.375. The molecule has 0 saturated carbocycles. The highest BCUT2D eigenvalue weighted by atomic mass is 16.3. The van der Waals surface area contributed by atoms with E-state index in [2.05, 4.69) is 20.2 Å². The monoisotopic (exact) mass is 225 g/mol. The summed E-state index contributed by atoms with van der Waals surface area (Å²) < 4.78 is 0. The Hall–Kier alpha value is -1.77. The first-order valence-corrected chi connectivity index (χ1v) is 4.63. The Morgan fingerprint density at radius 3 is 2.94 bits per heavy atom. The van der Waals surface area contributed by atoms with Crippen molar-refractivity contribution in [2.75, 3.05) is 6.54 Å². The lowest BCUT2D eigenvalue weighted by Gasteiger charge is -2.13. The minimum Gasteiger partial charge on any atom is -0.389 e. The zero-order valence-corrected chi connectivity index (χ0v) is 8.21. The molecule has 86 valence electrons. The predicted octanol–water partition coefficient (Wildman–Crippen LogP) is -2.00. The molecule has 0 spiro atoms. The van der Waals surface area contributed by atoms with Gasteiger partial charge in [-0.2, -0.15) is 5.10 Å². The van der Waals surface area contributed by atoms with Crippen LogP contribution in [0.15, 0.2) is 11.1 Å². The Labute approximate surface area is 89.1 Å². The molecule has 8 heteroatoms. The fourth-order valence-electron chi connectivity index (χ4n) is 1.42. The van der Waals surface area contributed by atoms with Crippen LogP contribution < -0.4 is 11.3 Å². The maximum absolute atomic E-state index is 11.5. The largest absolute Gasteiger partial charge is 0.389 e. The smallest absolute Gasteiger partial charge is 0.262 e. The summed E-state index contributed by atoms with van der Waals surface area (Å²) in [4.78, 5) is 17.7. The molecule has 2 heterocycles. The maximum Gasteiger partial charge on any atom is 0.262 e. The van der Waals surface area contributed by atoms with Crippen molar-refractivity contribution in [3.05, 3.63) is 22.4 Å². The Balaban J connectivity index is 2.57. The van der Waals surface area contributed by atoms with Crippen LogP contribution in [-0.2, 0) is 0 Å². The minimum absolute atomic E-state index is 0.113. The van der Waals surface area contributed by atoms with Crippen LogP contribution in [0, 0.1) is 0 Å². The number of fused-ring (bicyclic) bond motifs is 1. The number of aromatic amines is 2. The molecule has 0 aliphatic rings. The highest BCUT2D eigenvalue weighted by Gasteiger charge is 2.23. The Morgan fingerprint density at radius 1 is 1.50 bits per heavy atom. The number of aromatic nitrogens is 4. The molecule has 0 bridgehead atoms. The molecule has 2 atom stereocenters. The average molecular weight is 225 g/mol. The van der Waals surface area contributed by atoms with E-state index in [-0.39, 0.29) is 23.3 Å². The third kappa shape index (κ3) is 1.58. The summed E-state index contributed by atoms with van der Waals surface area (Å²) in [5.74, 6) is 0. The summed E-state index contributed by atoms with van der Waals surface area (Å²) in [6, 6.07) is 0. The third-order valence-electron chi connectivity index (χ3n) is 2.29. The molecule has 6 N–H and O–H groups in total. The first-order valence-electron chi connectivity index (χ1n) is 4.63. The van der Waals surface area contributed by atoms with E-state index in [1.807, 2.05) is 0 Å². The average Bonchev–Trinajstić information content (AvgIpc) is 2.72. The van der Waals surface area contributed by atoms with Crippen molar-refractivity contribution < 1.29 is 10.2 Å². The molecular formula is C8H11N5O3. The first-order chi connectivity index (χ1) is 7.65. The van der Waals surface area contributed by atoms with Crippen LogP contribution in [0.3, 0.4) is 0 Å². The normalized spacial score (nSPS) is 15.2. The highest BCUT2D eigenvalue weighted by Crippen LogP contribution is 2.19. The molecule has 0 fully saturated rings. The van der Waals surface area contributed by atoms with Crippen LogP contribution in [0.2, 0.25) is 0 Å². The van der Waals surface area contributed by atoms with Gasteiger partial charge in [-0.3, -0.25) is 9.89 Å². The lowest BCUT2D eigenvalue weighted by Crippen LogP contribution is -2.28. The van der Waals surface area contributed by atoms with Crippen molar-refractivity contribution in [2.24, 2.45) is 5.73 Å². The first kappa shape index (κ1) is 10.7. The standard InChI is InChI=1S/C8H11N5O3/c9-1-3(14)6(15)5-4-7(13-12-5)10-2-11-8(4)16/h2-3,6,14-15H,1,9H2,(H2,10,11,12,13,16). The van der Waals surface area contributed by atoms with Gasteiger partial charge in [0.05, 0.1) is 18.1 Å². The van der Waals surface area contributed by atoms with Crippen LogP contribution in [-0.4, -0.2) is 43.0 Å². The molecule has 0 aromatic carbocycles. The van der Waals surface area contributed by atoms with Crippen molar-refractivity contribution in [1.82, 2.24) is 20.2 Å². The summed E-state index contributed by atoms with van der Waals surface area (Å²) in [6.07, 6.45) is -1.25. The number of nitrogens with one attached hydrogen (secondary N) is 2. The van der Waals surface area contributed by atoms with Gasteiger partial charge in [-0.25, -0.2) is 4.98 Å². The number of nitrogens with two attached hydrogens (primary N) is 1. The van der Waals surface area contributed by atoms with Gasteiger partial charge in [-0.1, -0.05) is 0 Å². The zero-order chi connectivity index (χ0) is 11.7. The molecule has 2 unspecified atom stereocenters. The lowest BCUT2D eigenvalue weighted by molar-refractivity contribution is 0.0225. The van der Waals surface area contributed by atoms with Crippen LogP contribution >= 0.6 is 0 Å². The summed E-state index contributed by atoms with van der Waals surface area (Å²) in [5.41, 5.74) is 5.08. The van der Waals surface area contributed by atoms with E-state index >= 15 is 0 Å².